The summed E-state index contributed by atoms with van der Waals surface area (Å²) in [5.41, 5.74) is 4.17. The Labute approximate surface area is 168 Å². The summed E-state index contributed by atoms with van der Waals surface area (Å²) in [7, 11) is 0. The molecule has 8 heteroatoms. The molecule has 150 valence electrons. The second-order valence-electron chi connectivity index (χ2n) is 6.68. The summed E-state index contributed by atoms with van der Waals surface area (Å²) in [6.07, 6.45) is 0.989. The van der Waals surface area contributed by atoms with Crippen LogP contribution in [0.15, 0.2) is 54.6 Å². The molecule has 0 fully saturated rings. The molecule has 1 heterocycles. The van der Waals surface area contributed by atoms with Crippen molar-refractivity contribution in [2.45, 2.75) is 26.7 Å². The summed E-state index contributed by atoms with van der Waals surface area (Å²) in [5.74, 6) is -0.0747. The van der Waals surface area contributed by atoms with Crippen molar-refractivity contribution in [3.05, 3.63) is 76.1 Å². The fourth-order valence-electron chi connectivity index (χ4n) is 3.03. The Bertz CT molecular complexity index is 997. The SMILES string of the molecule is Cc1nn(-c2ccccc2)c(C)c1NC(=O)CCCNc1ccc([N+](=O)[O-])cc1. The molecular weight excluding hydrogens is 370 g/mol. The lowest BCUT2D eigenvalue weighted by atomic mass is 10.2. The second-order valence-corrected chi connectivity index (χ2v) is 6.68. The first-order chi connectivity index (χ1) is 14.0. The largest absolute Gasteiger partial charge is 0.385 e. The molecule has 0 saturated carbocycles. The Balaban J connectivity index is 1.51. The van der Waals surface area contributed by atoms with E-state index in [1.165, 1.54) is 12.1 Å². The number of carbonyl (C=O) groups is 1. The molecule has 1 amide bonds. The first kappa shape index (κ1) is 20.1. The minimum absolute atomic E-state index is 0.0525. The Hall–Kier alpha value is -3.68. The van der Waals surface area contributed by atoms with Crippen LogP contribution in [0.4, 0.5) is 17.1 Å². The standard InChI is InChI=1S/C21H23N5O3/c1-15-21(16(2)25(24-15)18-7-4-3-5-8-18)23-20(27)9-6-14-22-17-10-12-19(13-11-17)26(28)29/h3-5,7-8,10-13,22H,6,9,14H2,1-2H3,(H,23,27). The van der Waals surface area contributed by atoms with E-state index in [-0.39, 0.29) is 11.6 Å². The Kier molecular flexibility index (Phi) is 6.23. The Morgan fingerprint density at radius 2 is 1.79 bits per heavy atom. The quantitative estimate of drug-likeness (QED) is 0.339. The van der Waals surface area contributed by atoms with Crippen LogP contribution in [0.1, 0.15) is 24.2 Å². The molecule has 8 nitrogen and oxygen atoms in total. The van der Waals surface area contributed by atoms with Gasteiger partial charge < -0.3 is 10.6 Å². The van der Waals surface area contributed by atoms with Gasteiger partial charge in [-0.05, 0) is 44.5 Å². The van der Waals surface area contributed by atoms with Crippen molar-refractivity contribution in [1.82, 2.24) is 9.78 Å². The van der Waals surface area contributed by atoms with E-state index in [1.54, 1.807) is 12.1 Å². The number of nitrogens with one attached hydrogen (secondary N) is 2. The molecule has 0 bridgehead atoms. The molecule has 2 aromatic carbocycles. The number of benzene rings is 2. The Morgan fingerprint density at radius 1 is 1.10 bits per heavy atom. The lowest BCUT2D eigenvalue weighted by Gasteiger charge is -2.08. The summed E-state index contributed by atoms with van der Waals surface area (Å²) >= 11 is 0. The van der Waals surface area contributed by atoms with Gasteiger partial charge >= 0.3 is 0 Å². The van der Waals surface area contributed by atoms with Crippen molar-refractivity contribution >= 4 is 23.0 Å². The van der Waals surface area contributed by atoms with Gasteiger partial charge in [0.2, 0.25) is 5.91 Å². The van der Waals surface area contributed by atoms with Gasteiger partial charge in [0, 0.05) is 30.8 Å². The molecule has 0 aliphatic rings. The highest BCUT2D eigenvalue weighted by molar-refractivity contribution is 5.92. The van der Waals surface area contributed by atoms with Crippen molar-refractivity contribution in [3.8, 4) is 5.69 Å². The van der Waals surface area contributed by atoms with Crippen molar-refractivity contribution in [2.24, 2.45) is 0 Å². The van der Waals surface area contributed by atoms with Crippen molar-refractivity contribution in [3.63, 3.8) is 0 Å². The predicted octanol–water partition coefficient (Wildman–Crippen LogP) is 4.23. The third-order valence-electron chi connectivity index (χ3n) is 4.54. The van der Waals surface area contributed by atoms with Gasteiger partial charge in [-0.3, -0.25) is 14.9 Å². The number of nitrogens with zero attached hydrogens (tertiary/aromatic N) is 3. The highest BCUT2D eigenvalue weighted by Gasteiger charge is 2.15. The summed E-state index contributed by atoms with van der Waals surface area (Å²) in [6.45, 7) is 4.39. The van der Waals surface area contributed by atoms with Crippen LogP contribution in [0, 0.1) is 24.0 Å². The molecule has 0 atom stereocenters. The van der Waals surface area contributed by atoms with Crippen LogP contribution in [0.25, 0.3) is 5.69 Å². The minimum Gasteiger partial charge on any atom is -0.385 e. The second kappa shape index (κ2) is 9.01. The lowest BCUT2D eigenvalue weighted by Crippen LogP contribution is -2.14. The summed E-state index contributed by atoms with van der Waals surface area (Å²) in [5, 5.41) is 21.3. The normalized spacial score (nSPS) is 10.6. The molecule has 29 heavy (non-hydrogen) atoms. The number of hydrogen-bond donors (Lipinski definition) is 2. The van der Waals surface area contributed by atoms with Crippen LogP contribution < -0.4 is 10.6 Å². The van der Waals surface area contributed by atoms with Crippen LogP contribution in [0.3, 0.4) is 0 Å². The average Bonchev–Trinajstić information content (AvgIpc) is 3.00. The third kappa shape index (κ3) is 4.98. The number of aryl methyl sites for hydroxylation is 1. The topological polar surface area (TPSA) is 102 Å². The van der Waals surface area contributed by atoms with E-state index < -0.39 is 4.92 Å². The summed E-state index contributed by atoms with van der Waals surface area (Å²) < 4.78 is 1.82. The van der Waals surface area contributed by atoms with Gasteiger partial charge in [-0.25, -0.2) is 4.68 Å². The first-order valence-electron chi connectivity index (χ1n) is 9.35. The van der Waals surface area contributed by atoms with Crippen LogP contribution in [-0.4, -0.2) is 27.2 Å². The maximum Gasteiger partial charge on any atom is 0.269 e. The van der Waals surface area contributed by atoms with Crippen LogP contribution in [-0.2, 0) is 4.79 Å². The number of carbonyl (C=O) groups excluding carboxylic acids is 1. The number of hydrogen-bond acceptors (Lipinski definition) is 5. The number of nitro groups is 1. The van der Waals surface area contributed by atoms with Gasteiger partial charge in [-0.15, -0.1) is 0 Å². The van der Waals surface area contributed by atoms with Gasteiger partial charge in [-0.2, -0.15) is 5.10 Å². The fraction of sp³-hybridized carbons (Fsp3) is 0.238. The average molecular weight is 393 g/mol. The molecular formula is C21H23N5O3. The fourth-order valence-corrected chi connectivity index (χ4v) is 3.03. The van der Waals surface area contributed by atoms with E-state index in [2.05, 4.69) is 15.7 Å². The van der Waals surface area contributed by atoms with Gasteiger partial charge in [0.15, 0.2) is 0 Å². The van der Waals surface area contributed by atoms with Crippen LogP contribution in [0.5, 0.6) is 0 Å². The van der Waals surface area contributed by atoms with E-state index in [9.17, 15) is 14.9 Å². The third-order valence-corrected chi connectivity index (χ3v) is 4.54. The number of para-hydroxylation sites is 1. The molecule has 3 rings (SSSR count). The molecule has 0 saturated heterocycles. The molecule has 3 aromatic rings. The number of non-ortho nitro benzene ring substituents is 1. The van der Waals surface area contributed by atoms with E-state index in [0.717, 1.165) is 28.5 Å². The highest BCUT2D eigenvalue weighted by Crippen LogP contribution is 2.23. The van der Waals surface area contributed by atoms with Gasteiger partial charge in [-0.1, -0.05) is 18.2 Å². The lowest BCUT2D eigenvalue weighted by molar-refractivity contribution is -0.384. The summed E-state index contributed by atoms with van der Waals surface area (Å²) in [4.78, 5) is 22.6. The zero-order valence-corrected chi connectivity index (χ0v) is 16.4. The maximum atomic E-state index is 12.3. The van der Waals surface area contributed by atoms with Gasteiger partial charge in [0.1, 0.15) is 0 Å². The number of nitro benzene ring substituents is 1. The monoisotopic (exact) mass is 393 g/mol. The smallest absolute Gasteiger partial charge is 0.269 e. The minimum atomic E-state index is -0.433. The van der Waals surface area contributed by atoms with E-state index in [4.69, 9.17) is 0 Å². The highest BCUT2D eigenvalue weighted by atomic mass is 16.6. The van der Waals surface area contributed by atoms with Gasteiger partial charge in [0.25, 0.3) is 5.69 Å². The Morgan fingerprint density at radius 3 is 2.45 bits per heavy atom. The number of amides is 1. The molecule has 0 aliphatic carbocycles. The van der Waals surface area contributed by atoms with Crippen LogP contribution >= 0.6 is 0 Å². The summed E-state index contributed by atoms with van der Waals surface area (Å²) in [6, 6.07) is 16.0. The van der Waals surface area contributed by atoms with Crippen molar-refractivity contribution in [1.29, 1.82) is 0 Å². The van der Waals surface area contributed by atoms with E-state index in [1.807, 2.05) is 48.9 Å². The number of rotatable bonds is 8. The van der Waals surface area contributed by atoms with E-state index >= 15 is 0 Å². The molecule has 0 aliphatic heterocycles. The van der Waals surface area contributed by atoms with Crippen molar-refractivity contribution in [2.75, 3.05) is 17.2 Å². The van der Waals surface area contributed by atoms with E-state index in [0.29, 0.717) is 19.4 Å². The van der Waals surface area contributed by atoms with Crippen LogP contribution in [0.2, 0.25) is 0 Å². The zero-order valence-electron chi connectivity index (χ0n) is 16.4. The first-order valence-corrected chi connectivity index (χ1v) is 9.35. The number of aromatic nitrogens is 2. The molecule has 2 N–H and O–H groups in total. The van der Waals surface area contributed by atoms with Crippen molar-refractivity contribution < 1.29 is 9.72 Å². The maximum absolute atomic E-state index is 12.3. The van der Waals surface area contributed by atoms with Gasteiger partial charge in [0.05, 0.1) is 27.7 Å². The molecule has 0 unspecified atom stereocenters. The molecule has 0 radical (unpaired) electrons. The zero-order chi connectivity index (χ0) is 20.8. The predicted molar refractivity (Wildman–Crippen MR) is 112 cm³/mol. The number of anilines is 2. The molecule has 0 spiro atoms. The molecule has 1 aromatic heterocycles.